The van der Waals surface area contributed by atoms with Crippen LogP contribution in [0.5, 0.6) is 0 Å². The van der Waals surface area contributed by atoms with Gasteiger partial charge in [0.15, 0.2) is 0 Å². The Morgan fingerprint density at radius 2 is 2.08 bits per heavy atom. The smallest absolute Gasteiger partial charge is 0.242 e. The maximum Gasteiger partial charge on any atom is 0.242 e. The second-order valence-corrected chi connectivity index (χ2v) is 6.44. The van der Waals surface area contributed by atoms with Gasteiger partial charge in [0.05, 0.1) is 17.6 Å². The second kappa shape index (κ2) is 7.03. The zero-order valence-corrected chi connectivity index (χ0v) is 14.3. The molecule has 24 heavy (non-hydrogen) atoms. The van der Waals surface area contributed by atoms with Gasteiger partial charge < -0.3 is 14.8 Å². The summed E-state index contributed by atoms with van der Waals surface area (Å²) in [5.74, 6) is 0.725. The first-order valence-electron chi connectivity index (χ1n) is 8.54. The summed E-state index contributed by atoms with van der Waals surface area (Å²) in [5.41, 5.74) is 1.77. The Kier molecular flexibility index (Phi) is 4.83. The number of para-hydroxylation sites is 2. The number of carbonyl (C=O) groups is 2. The first-order chi connectivity index (χ1) is 11.6. The highest BCUT2D eigenvalue weighted by Crippen LogP contribution is 2.20. The number of amides is 2. The van der Waals surface area contributed by atoms with E-state index >= 15 is 0 Å². The van der Waals surface area contributed by atoms with Gasteiger partial charge in [-0.15, -0.1) is 0 Å². The van der Waals surface area contributed by atoms with Gasteiger partial charge in [0.1, 0.15) is 12.4 Å². The average Bonchev–Trinajstić information content (AvgIpc) is 2.91. The third-order valence-corrected chi connectivity index (χ3v) is 4.65. The Hall–Kier alpha value is -2.37. The molecule has 0 bridgehead atoms. The highest BCUT2D eigenvalue weighted by Gasteiger charge is 2.24. The Balaban J connectivity index is 1.87. The molecule has 1 aliphatic rings. The number of likely N-dealkylation sites (tertiary alicyclic amines) is 1. The lowest BCUT2D eigenvalue weighted by Gasteiger charge is -2.33. The number of hydrogen-bond acceptors (Lipinski definition) is 3. The van der Waals surface area contributed by atoms with Crippen molar-refractivity contribution in [3.63, 3.8) is 0 Å². The van der Waals surface area contributed by atoms with E-state index in [0.717, 1.165) is 30.4 Å². The average molecular weight is 328 g/mol. The van der Waals surface area contributed by atoms with Crippen LogP contribution in [0.15, 0.2) is 24.3 Å². The molecule has 6 nitrogen and oxygen atoms in total. The van der Waals surface area contributed by atoms with Crippen LogP contribution in [0.25, 0.3) is 11.0 Å². The molecule has 1 unspecified atom stereocenters. The minimum atomic E-state index is -0.107. The number of rotatable bonds is 4. The second-order valence-electron chi connectivity index (χ2n) is 6.44. The first-order valence-corrected chi connectivity index (χ1v) is 8.54. The van der Waals surface area contributed by atoms with Gasteiger partial charge >= 0.3 is 0 Å². The molecule has 1 fully saturated rings. The monoisotopic (exact) mass is 328 g/mol. The van der Waals surface area contributed by atoms with Crippen LogP contribution in [-0.2, 0) is 22.7 Å². The minimum absolute atomic E-state index is 0.107. The van der Waals surface area contributed by atoms with Crippen molar-refractivity contribution in [3.05, 3.63) is 30.1 Å². The van der Waals surface area contributed by atoms with E-state index in [2.05, 4.69) is 17.2 Å². The minimum Gasteiger partial charge on any atom is -0.349 e. The van der Waals surface area contributed by atoms with E-state index in [9.17, 15) is 9.59 Å². The van der Waals surface area contributed by atoms with Gasteiger partial charge in [0.25, 0.3) is 0 Å². The summed E-state index contributed by atoms with van der Waals surface area (Å²) in [4.78, 5) is 30.6. The third kappa shape index (κ3) is 3.42. The zero-order chi connectivity index (χ0) is 17.1. The van der Waals surface area contributed by atoms with E-state index in [1.807, 2.05) is 33.7 Å². The fraction of sp³-hybridized carbons (Fsp3) is 0.500. The number of aromatic nitrogens is 2. The predicted molar refractivity (Wildman–Crippen MR) is 92.3 cm³/mol. The summed E-state index contributed by atoms with van der Waals surface area (Å²) in [6, 6.07) is 8.05. The van der Waals surface area contributed by atoms with E-state index < -0.39 is 0 Å². The summed E-state index contributed by atoms with van der Waals surface area (Å²) in [7, 11) is 0. The standard InChI is InChI=1S/C18H24N4O2/c1-13-7-5-6-10-21(13)18(24)12-22-16-9-4-3-8-15(16)20-17(22)11-19-14(2)23/h3-4,8-9,13H,5-7,10-12H2,1-2H3,(H,19,23). The normalized spacial score (nSPS) is 17.9. The molecule has 6 heteroatoms. The topological polar surface area (TPSA) is 67.2 Å². The Morgan fingerprint density at radius 3 is 2.83 bits per heavy atom. The third-order valence-electron chi connectivity index (χ3n) is 4.65. The van der Waals surface area contributed by atoms with Crippen molar-refractivity contribution < 1.29 is 9.59 Å². The van der Waals surface area contributed by atoms with Crippen LogP contribution < -0.4 is 5.32 Å². The fourth-order valence-corrected chi connectivity index (χ4v) is 3.34. The van der Waals surface area contributed by atoms with Crippen molar-refractivity contribution in [2.75, 3.05) is 6.54 Å². The molecule has 0 aliphatic carbocycles. The molecule has 1 aliphatic heterocycles. The Morgan fingerprint density at radius 1 is 1.29 bits per heavy atom. The number of piperidine rings is 1. The van der Waals surface area contributed by atoms with Gasteiger partial charge in [0.2, 0.25) is 11.8 Å². The molecule has 2 aromatic rings. The summed E-state index contributed by atoms with van der Waals surface area (Å²) >= 11 is 0. The molecular weight excluding hydrogens is 304 g/mol. The number of imidazole rings is 1. The molecular formula is C18H24N4O2. The Bertz CT molecular complexity index is 753. The SMILES string of the molecule is CC(=O)NCc1nc2ccccc2n1CC(=O)N1CCCCC1C. The number of nitrogens with zero attached hydrogens (tertiary/aromatic N) is 3. The first kappa shape index (κ1) is 16.5. The molecule has 3 rings (SSSR count). The molecule has 2 amide bonds. The van der Waals surface area contributed by atoms with Crippen LogP contribution in [0.2, 0.25) is 0 Å². The van der Waals surface area contributed by atoms with Gasteiger partial charge in [-0.2, -0.15) is 0 Å². The maximum atomic E-state index is 12.8. The quantitative estimate of drug-likeness (QED) is 0.934. The summed E-state index contributed by atoms with van der Waals surface area (Å²) in [5, 5.41) is 2.78. The molecule has 128 valence electrons. The largest absolute Gasteiger partial charge is 0.349 e. The molecule has 0 saturated carbocycles. The number of hydrogen-bond donors (Lipinski definition) is 1. The lowest BCUT2D eigenvalue weighted by atomic mass is 10.0. The van der Waals surface area contributed by atoms with Crippen LogP contribution in [0.3, 0.4) is 0 Å². The van der Waals surface area contributed by atoms with Crippen LogP contribution in [0.1, 0.15) is 38.9 Å². The summed E-state index contributed by atoms with van der Waals surface area (Å²) in [6.07, 6.45) is 3.32. The zero-order valence-electron chi connectivity index (χ0n) is 14.3. The van der Waals surface area contributed by atoms with E-state index in [1.54, 1.807) is 0 Å². The van der Waals surface area contributed by atoms with Gasteiger partial charge in [0, 0.05) is 19.5 Å². The van der Waals surface area contributed by atoms with Crippen LogP contribution in [-0.4, -0.2) is 38.9 Å². The van der Waals surface area contributed by atoms with Crippen LogP contribution >= 0.6 is 0 Å². The number of benzene rings is 1. The summed E-state index contributed by atoms with van der Waals surface area (Å²) < 4.78 is 1.93. The van der Waals surface area contributed by atoms with Crippen molar-refractivity contribution in [1.29, 1.82) is 0 Å². The maximum absolute atomic E-state index is 12.8. The van der Waals surface area contributed by atoms with E-state index in [0.29, 0.717) is 18.4 Å². The summed E-state index contributed by atoms with van der Waals surface area (Å²) in [6.45, 7) is 5.01. The van der Waals surface area contributed by atoms with Gasteiger partial charge in [-0.05, 0) is 38.3 Å². The van der Waals surface area contributed by atoms with Crippen molar-refractivity contribution in [3.8, 4) is 0 Å². The Labute approximate surface area is 141 Å². The van der Waals surface area contributed by atoms with Crippen molar-refractivity contribution in [1.82, 2.24) is 19.8 Å². The molecule has 0 radical (unpaired) electrons. The van der Waals surface area contributed by atoms with E-state index in [1.165, 1.54) is 13.3 Å². The molecule has 1 aromatic heterocycles. The van der Waals surface area contributed by atoms with Crippen LogP contribution in [0, 0.1) is 0 Å². The lowest BCUT2D eigenvalue weighted by Crippen LogP contribution is -2.43. The van der Waals surface area contributed by atoms with Gasteiger partial charge in [-0.25, -0.2) is 4.98 Å². The molecule has 2 heterocycles. The molecule has 1 aromatic carbocycles. The van der Waals surface area contributed by atoms with Crippen molar-refractivity contribution in [2.45, 2.75) is 52.2 Å². The lowest BCUT2D eigenvalue weighted by molar-refractivity contribution is -0.135. The fourth-order valence-electron chi connectivity index (χ4n) is 3.34. The number of fused-ring (bicyclic) bond motifs is 1. The van der Waals surface area contributed by atoms with E-state index in [4.69, 9.17) is 0 Å². The molecule has 1 saturated heterocycles. The van der Waals surface area contributed by atoms with Crippen molar-refractivity contribution in [2.24, 2.45) is 0 Å². The molecule has 1 N–H and O–H groups in total. The highest BCUT2D eigenvalue weighted by molar-refractivity contribution is 5.81. The highest BCUT2D eigenvalue weighted by atomic mass is 16.2. The predicted octanol–water partition coefficient (Wildman–Crippen LogP) is 2.07. The number of carbonyl (C=O) groups excluding carboxylic acids is 2. The van der Waals surface area contributed by atoms with Gasteiger partial charge in [-0.3, -0.25) is 9.59 Å². The van der Waals surface area contributed by atoms with E-state index in [-0.39, 0.29) is 18.4 Å². The molecule has 0 spiro atoms. The van der Waals surface area contributed by atoms with Crippen LogP contribution in [0.4, 0.5) is 0 Å². The van der Waals surface area contributed by atoms with Crippen molar-refractivity contribution >= 4 is 22.8 Å². The van der Waals surface area contributed by atoms with Gasteiger partial charge in [-0.1, -0.05) is 12.1 Å². The molecule has 1 atom stereocenters. The number of nitrogens with one attached hydrogen (secondary N) is 1.